The van der Waals surface area contributed by atoms with E-state index in [9.17, 15) is 13.6 Å². The standard InChI is InChI=1S/C16H11F2NO2/c17-13-3-1-10-5-6-19(15(10)8-13)9-12-7-11(16(20)21)2-4-14(12)18/h1-8H,9H2,(H,20,21). The lowest BCUT2D eigenvalue weighted by Gasteiger charge is -2.08. The van der Waals surface area contributed by atoms with E-state index in [1.54, 1.807) is 22.9 Å². The van der Waals surface area contributed by atoms with Crippen LogP contribution in [0.25, 0.3) is 10.9 Å². The smallest absolute Gasteiger partial charge is 0.335 e. The minimum Gasteiger partial charge on any atom is -0.478 e. The van der Waals surface area contributed by atoms with Crippen LogP contribution in [-0.2, 0) is 6.54 Å². The molecule has 0 amide bonds. The van der Waals surface area contributed by atoms with Crippen LogP contribution in [0.2, 0.25) is 0 Å². The maximum absolute atomic E-state index is 13.8. The van der Waals surface area contributed by atoms with Gasteiger partial charge in [-0.15, -0.1) is 0 Å². The summed E-state index contributed by atoms with van der Waals surface area (Å²) < 4.78 is 28.8. The van der Waals surface area contributed by atoms with Crippen molar-refractivity contribution in [2.24, 2.45) is 0 Å². The predicted molar refractivity (Wildman–Crippen MR) is 74.4 cm³/mol. The van der Waals surface area contributed by atoms with Crippen LogP contribution in [0.3, 0.4) is 0 Å². The van der Waals surface area contributed by atoms with Gasteiger partial charge in [-0.05, 0) is 47.9 Å². The van der Waals surface area contributed by atoms with Crippen LogP contribution in [0, 0.1) is 11.6 Å². The Morgan fingerprint density at radius 3 is 2.67 bits per heavy atom. The molecule has 3 aromatic rings. The largest absolute Gasteiger partial charge is 0.478 e. The topological polar surface area (TPSA) is 42.2 Å². The summed E-state index contributed by atoms with van der Waals surface area (Å²) in [5.41, 5.74) is 0.904. The number of aromatic nitrogens is 1. The van der Waals surface area contributed by atoms with Crippen molar-refractivity contribution in [3.8, 4) is 0 Å². The maximum Gasteiger partial charge on any atom is 0.335 e. The molecule has 1 N–H and O–H groups in total. The number of benzene rings is 2. The minimum atomic E-state index is -1.11. The zero-order valence-electron chi connectivity index (χ0n) is 10.9. The molecule has 1 aromatic heterocycles. The normalized spacial score (nSPS) is 11.0. The fourth-order valence-electron chi connectivity index (χ4n) is 2.31. The van der Waals surface area contributed by atoms with Crippen molar-refractivity contribution < 1.29 is 18.7 Å². The van der Waals surface area contributed by atoms with Crippen LogP contribution >= 0.6 is 0 Å². The Labute approximate surface area is 119 Å². The number of carboxylic acid groups (broad SMARTS) is 1. The molecule has 0 unspecified atom stereocenters. The second kappa shape index (κ2) is 5.01. The fourth-order valence-corrected chi connectivity index (χ4v) is 2.31. The van der Waals surface area contributed by atoms with E-state index in [0.717, 1.165) is 11.5 Å². The molecule has 0 atom stereocenters. The number of carbonyl (C=O) groups is 1. The Morgan fingerprint density at radius 1 is 1.10 bits per heavy atom. The summed E-state index contributed by atoms with van der Waals surface area (Å²) in [4.78, 5) is 10.9. The van der Waals surface area contributed by atoms with Crippen LogP contribution in [0.15, 0.2) is 48.7 Å². The summed E-state index contributed by atoms with van der Waals surface area (Å²) in [6.45, 7) is 0.139. The van der Waals surface area contributed by atoms with Crippen molar-refractivity contribution in [3.05, 3.63) is 71.4 Å². The van der Waals surface area contributed by atoms with E-state index in [4.69, 9.17) is 5.11 Å². The van der Waals surface area contributed by atoms with Crippen LogP contribution in [-0.4, -0.2) is 15.6 Å². The molecule has 0 spiro atoms. The van der Waals surface area contributed by atoms with Gasteiger partial charge in [0.2, 0.25) is 0 Å². The molecule has 3 nitrogen and oxygen atoms in total. The molecule has 0 bridgehead atoms. The Balaban J connectivity index is 2.04. The van der Waals surface area contributed by atoms with Crippen molar-refractivity contribution in [2.45, 2.75) is 6.54 Å². The van der Waals surface area contributed by atoms with Crippen LogP contribution in [0.4, 0.5) is 8.78 Å². The molecule has 0 fully saturated rings. The number of rotatable bonds is 3. The van der Waals surface area contributed by atoms with Crippen molar-refractivity contribution >= 4 is 16.9 Å². The Hall–Kier alpha value is -2.69. The summed E-state index contributed by atoms with van der Waals surface area (Å²) in [6.07, 6.45) is 1.72. The number of hydrogen-bond donors (Lipinski definition) is 1. The summed E-state index contributed by atoms with van der Waals surface area (Å²) in [6, 6.07) is 9.81. The van der Waals surface area contributed by atoms with Gasteiger partial charge in [0, 0.05) is 11.8 Å². The molecule has 0 aliphatic carbocycles. The Morgan fingerprint density at radius 2 is 1.90 bits per heavy atom. The van der Waals surface area contributed by atoms with Gasteiger partial charge in [0.15, 0.2) is 0 Å². The molecule has 21 heavy (non-hydrogen) atoms. The summed E-state index contributed by atoms with van der Waals surface area (Å²) in [5, 5.41) is 9.79. The van der Waals surface area contributed by atoms with Crippen molar-refractivity contribution in [2.75, 3.05) is 0 Å². The molecule has 3 rings (SSSR count). The highest BCUT2D eigenvalue weighted by Crippen LogP contribution is 2.20. The van der Waals surface area contributed by atoms with Gasteiger partial charge in [0.25, 0.3) is 0 Å². The van der Waals surface area contributed by atoms with Crippen molar-refractivity contribution in [1.29, 1.82) is 0 Å². The van der Waals surface area contributed by atoms with Gasteiger partial charge in [-0.25, -0.2) is 13.6 Å². The molecule has 2 aromatic carbocycles. The molecular weight excluding hydrogens is 276 g/mol. The van der Waals surface area contributed by atoms with Gasteiger partial charge in [-0.2, -0.15) is 0 Å². The SMILES string of the molecule is O=C(O)c1ccc(F)c(Cn2ccc3ccc(F)cc32)c1. The second-order valence-corrected chi connectivity index (χ2v) is 4.76. The zero-order chi connectivity index (χ0) is 15.0. The number of carboxylic acids is 1. The van der Waals surface area contributed by atoms with E-state index in [2.05, 4.69) is 0 Å². The van der Waals surface area contributed by atoms with Crippen molar-refractivity contribution in [1.82, 2.24) is 4.57 Å². The van der Waals surface area contributed by atoms with E-state index in [1.165, 1.54) is 24.3 Å². The van der Waals surface area contributed by atoms with Gasteiger partial charge in [0.1, 0.15) is 11.6 Å². The average molecular weight is 287 g/mol. The Kier molecular flexibility index (Phi) is 3.17. The third kappa shape index (κ3) is 2.50. The highest BCUT2D eigenvalue weighted by molar-refractivity contribution is 5.87. The third-order valence-corrected chi connectivity index (χ3v) is 3.37. The molecule has 106 valence electrons. The average Bonchev–Trinajstić information content (AvgIpc) is 2.83. The first-order valence-corrected chi connectivity index (χ1v) is 6.31. The van der Waals surface area contributed by atoms with Crippen molar-refractivity contribution in [3.63, 3.8) is 0 Å². The summed E-state index contributed by atoms with van der Waals surface area (Å²) >= 11 is 0. The van der Waals surface area contributed by atoms with E-state index < -0.39 is 11.8 Å². The maximum atomic E-state index is 13.8. The van der Waals surface area contributed by atoms with Gasteiger partial charge in [0.05, 0.1) is 17.6 Å². The van der Waals surface area contributed by atoms with Gasteiger partial charge in [-0.1, -0.05) is 0 Å². The van der Waals surface area contributed by atoms with E-state index in [0.29, 0.717) is 5.52 Å². The molecule has 0 radical (unpaired) electrons. The predicted octanol–water partition coefficient (Wildman–Crippen LogP) is 3.67. The van der Waals surface area contributed by atoms with Crippen LogP contribution in [0.1, 0.15) is 15.9 Å². The van der Waals surface area contributed by atoms with Gasteiger partial charge in [-0.3, -0.25) is 0 Å². The zero-order valence-corrected chi connectivity index (χ0v) is 10.9. The second-order valence-electron chi connectivity index (χ2n) is 4.76. The minimum absolute atomic E-state index is 0.0223. The lowest BCUT2D eigenvalue weighted by molar-refractivity contribution is 0.0696. The first-order valence-electron chi connectivity index (χ1n) is 6.31. The molecule has 0 aliphatic rings. The first kappa shape index (κ1) is 13.3. The monoisotopic (exact) mass is 287 g/mol. The quantitative estimate of drug-likeness (QED) is 0.798. The van der Waals surface area contributed by atoms with E-state index >= 15 is 0 Å². The van der Waals surface area contributed by atoms with Crippen LogP contribution in [0.5, 0.6) is 0 Å². The fraction of sp³-hybridized carbons (Fsp3) is 0.0625. The third-order valence-electron chi connectivity index (χ3n) is 3.37. The van der Waals surface area contributed by atoms with Gasteiger partial charge < -0.3 is 9.67 Å². The summed E-state index contributed by atoms with van der Waals surface area (Å²) in [7, 11) is 0. The lowest BCUT2D eigenvalue weighted by atomic mass is 10.1. The number of aromatic carboxylic acids is 1. The molecule has 1 heterocycles. The molecule has 0 saturated heterocycles. The number of hydrogen-bond acceptors (Lipinski definition) is 1. The summed E-state index contributed by atoms with van der Waals surface area (Å²) in [5.74, 6) is -1.97. The van der Waals surface area contributed by atoms with E-state index in [1.807, 2.05) is 0 Å². The number of halogens is 2. The number of fused-ring (bicyclic) bond motifs is 1. The Bertz CT molecular complexity index is 839. The molecule has 0 aliphatic heterocycles. The van der Waals surface area contributed by atoms with E-state index in [-0.39, 0.29) is 23.5 Å². The highest BCUT2D eigenvalue weighted by atomic mass is 19.1. The molecule has 0 saturated carbocycles. The highest BCUT2D eigenvalue weighted by Gasteiger charge is 2.10. The first-order chi connectivity index (χ1) is 10.0. The number of nitrogens with zero attached hydrogens (tertiary/aromatic N) is 1. The van der Waals surface area contributed by atoms with Gasteiger partial charge >= 0.3 is 5.97 Å². The lowest BCUT2D eigenvalue weighted by Crippen LogP contribution is -2.04. The molecule has 5 heteroatoms. The molecular formula is C16H11F2NO2. The van der Waals surface area contributed by atoms with Crippen LogP contribution < -0.4 is 0 Å².